The summed E-state index contributed by atoms with van der Waals surface area (Å²) in [6.45, 7) is 6.07. The zero-order valence-electron chi connectivity index (χ0n) is 22.9. The van der Waals surface area contributed by atoms with E-state index in [1.807, 2.05) is 30.3 Å². The van der Waals surface area contributed by atoms with Crippen LogP contribution in [0.15, 0.2) is 77.2 Å². The Morgan fingerprint density at radius 1 is 1.00 bits per heavy atom. The molecule has 0 bridgehead atoms. The predicted molar refractivity (Wildman–Crippen MR) is 156 cm³/mol. The molecule has 3 aromatic carbocycles. The number of hydrogen-bond acceptors (Lipinski definition) is 7. The van der Waals surface area contributed by atoms with Crippen LogP contribution in [0.5, 0.6) is 0 Å². The molecule has 1 aliphatic heterocycles. The maximum absolute atomic E-state index is 12.9. The molecule has 1 aromatic heterocycles. The molecule has 0 aliphatic carbocycles. The maximum atomic E-state index is 12.9. The number of hydrogen-bond donors (Lipinski definition) is 1. The lowest BCUT2D eigenvalue weighted by atomic mass is 10.1. The molecule has 10 nitrogen and oxygen atoms in total. The van der Waals surface area contributed by atoms with E-state index in [9.17, 15) is 19.7 Å². The van der Waals surface area contributed by atoms with E-state index in [2.05, 4.69) is 23.2 Å². The minimum absolute atomic E-state index is 0.147. The molecule has 5 rings (SSSR count). The van der Waals surface area contributed by atoms with Gasteiger partial charge in [0.1, 0.15) is 11.3 Å². The van der Waals surface area contributed by atoms with E-state index < -0.39 is 10.8 Å². The number of para-hydroxylation sites is 1. The van der Waals surface area contributed by atoms with Crippen molar-refractivity contribution in [2.75, 3.05) is 38.1 Å². The summed E-state index contributed by atoms with van der Waals surface area (Å²) >= 11 is 0. The number of nitro groups is 1. The third kappa shape index (κ3) is 6.72. The van der Waals surface area contributed by atoms with Gasteiger partial charge in [0.15, 0.2) is 0 Å². The van der Waals surface area contributed by atoms with Crippen LogP contribution in [0.4, 0.5) is 16.2 Å². The number of carbonyl (C=O) groups is 2. The number of ether oxygens (including phenoxy) is 1. The van der Waals surface area contributed by atoms with Crippen molar-refractivity contribution in [3.8, 4) is 11.3 Å². The van der Waals surface area contributed by atoms with Gasteiger partial charge in [-0.1, -0.05) is 43.7 Å². The number of nitrogens with one attached hydrogen (secondary N) is 1. The van der Waals surface area contributed by atoms with Crippen molar-refractivity contribution in [1.82, 2.24) is 9.80 Å². The van der Waals surface area contributed by atoms with Gasteiger partial charge >= 0.3 is 6.09 Å². The van der Waals surface area contributed by atoms with E-state index in [0.717, 1.165) is 49.0 Å². The van der Waals surface area contributed by atoms with E-state index in [1.54, 1.807) is 17.0 Å². The van der Waals surface area contributed by atoms with Gasteiger partial charge in [-0.05, 0) is 42.3 Å². The fourth-order valence-corrected chi connectivity index (χ4v) is 4.81. The van der Waals surface area contributed by atoms with Gasteiger partial charge < -0.3 is 19.4 Å². The largest absolute Gasteiger partial charge is 0.456 e. The summed E-state index contributed by atoms with van der Waals surface area (Å²) in [7, 11) is 0. The van der Waals surface area contributed by atoms with Crippen molar-refractivity contribution in [2.45, 2.75) is 26.3 Å². The van der Waals surface area contributed by atoms with E-state index >= 15 is 0 Å². The molecule has 41 heavy (non-hydrogen) atoms. The Balaban J connectivity index is 1.26. The van der Waals surface area contributed by atoms with Gasteiger partial charge in [-0.3, -0.25) is 19.8 Å². The number of benzene rings is 3. The second-order valence-electron chi connectivity index (χ2n) is 10.0. The highest BCUT2D eigenvalue weighted by atomic mass is 16.6. The zero-order valence-corrected chi connectivity index (χ0v) is 22.9. The number of piperazine rings is 1. The SMILES string of the molecule is CCCCOC(=O)N1CCN(Cc2ccc3cc(-c4ccccc4NC(=O)c4cccc([N+](=O)[O-])c4)oc3c2)CC1. The molecule has 2 amide bonds. The van der Waals surface area contributed by atoms with Gasteiger partial charge in [-0.2, -0.15) is 0 Å². The summed E-state index contributed by atoms with van der Waals surface area (Å²) in [4.78, 5) is 39.8. The van der Waals surface area contributed by atoms with Crippen molar-refractivity contribution >= 4 is 34.3 Å². The van der Waals surface area contributed by atoms with Crippen molar-refractivity contribution in [1.29, 1.82) is 0 Å². The molecule has 1 aliphatic rings. The van der Waals surface area contributed by atoms with Crippen LogP contribution < -0.4 is 5.32 Å². The standard InChI is InChI=1S/C31H32N4O6/c1-2-3-17-40-31(37)34-15-13-33(14-16-34)21-22-11-12-23-20-29(41-28(23)18-22)26-9-4-5-10-27(26)32-30(36)24-7-6-8-25(19-24)35(38)39/h4-12,18-20H,2-3,13-17,21H2,1H3,(H,32,36). The number of non-ortho nitro benzene ring substituents is 1. The van der Waals surface area contributed by atoms with Gasteiger partial charge in [0.25, 0.3) is 11.6 Å². The zero-order chi connectivity index (χ0) is 28.8. The second-order valence-corrected chi connectivity index (χ2v) is 10.0. The van der Waals surface area contributed by atoms with Crippen LogP contribution in [-0.4, -0.2) is 59.5 Å². The first-order chi connectivity index (χ1) is 19.9. The monoisotopic (exact) mass is 556 g/mol. The number of nitro benzene ring substituents is 1. The number of rotatable bonds is 9. The second kappa shape index (κ2) is 12.6. The third-order valence-electron chi connectivity index (χ3n) is 7.10. The number of nitrogens with zero attached hydrogens (tertiary/aromatic N) is 3. The topological polar surface area (TPSA) is 118 Å². The Hall–Kier alpha value is -4.70. The van der Waals surface area contributed by atoms with Crippen LogP contribution in [0.1, 0.15) is 35.7 Å². The Morgan fingerprint density at radius 2 is 1.80 bits per heavy atom. The minimum atomic E-state index is -0.529. The molecule has 0 radical (unpaired) electrons. The lowest BCUT2D eigenvalue weighted by Gasteiger charge is -2.34. The summed E-state index contributed by atoms with van der Waals surface area (Å²) in [6, 6.07) is 20.9. The average molecular weight is 557 g/mol. The number of unbranched alkanes of at least 4 members (excludes halogenated alkanes) is 1. The highest BCUT2D eigenvalue weighted by Crippen LogP contribution is 2.33. The van der Waals surface area contributed by atoms with Gasteiger partial charge in [0.05, 0.1) is 17.2 Å². The molecule has 10 heteroatoms. The van der Waals surface area contributed by atoms with Gasteiger partial charge in [-0.15, -0.1) is 0 Å². The minimum Gasteiger partial charge on any atom is -0.456 e. The van der Waals surface area contributed by atoms with Crippen molar-refractivity contribution in [3.63, 3.8) is 0 Å². The summed E-state index contributed by atoms with van der Waals surface area (Å²) in [5.41, 5.74) is 3.11. The summed E-state index contributed by atoms with van der Waals surface area (Å²) in [5, 5.41) is 14.9. The van der Waals surface area contributed by atoms with Crippen LogP contribution in [0.2, 0.25) is 0 Å². The molecule has 0 unspecified atom stereocenters. The molecule has 4 aromatic rings. The van der Waals surface area contributed by atoms with Gasteiger partial charge in [0.2, 0.25) is 0 Å². The summed E-state index contributed by atoms with van der Waals surface area (Å²) in [6.07, 6.45) is 1.64. The van der Waals surface area contributed by atoms with E-state index in [4.69, 9.17) is 9.15 Å². The average Bonchev–Trinajstić information content (AvgIpc) is 3.41. The summed E-state index contributed by atoms with van der Waals surface area (Å²) < 4.78 is 11.6. The number of fused-ring (bicyclic) bond motifs is 1. The smallest absolute Gasteiger partial charge is 0.409 e. The van der Waals surface area contributed by atoms with E-state index in [1.165, 1.54) is 24.3 Å². The van der Waals surface area contributed by atoms with Gasteiger partial charge in [0, 0.05) is 61.4 Å². The van der Waals surface area contributed by atoms with Crippen LogP contribution >= 0.6 is 0 Å². The molecule has 212 valence electrons. The Labute approximate surface area is 237 Å². The van der Waals surface area contributed by atoms with Crippen molar-refractivity contribution < 1.29 is 23.7 Å². The molecule has 0 spiro atoms. The Morgan fingerprint density at radius 3 is 2.59 bits per heavy atom. The van der Waals surface area contributed by atoms with Crippen molar-refractivity contribution in [3.05, 3.63) is 94.0 Å². The quantitative estimate of drug-likeness (QED) is 0.146. The molecule has 1 fully saturated rings. The highest BCUT2D eigenvalue weighted by molar-refractivity contribution is 6.06. The number of anilines is 1. The molecule has 0 atom stereocenters. The van der Waals surface area contributed by atoms with Crippen LogP contribution in [0, 0.1) is 10.1 Å². The third-order valence-corrected chi connectivity index (χ3v) is 7.10. The molecule has 0 saturated carbocycles. The Kier molecular flexibility index (Phi) is 8.59. The predicted octanol–water partition coefficient (Wildman–Crippen LogP) is 6.31. The van der Waals surface area contributed by atoms with Crippen LogP contribution in [-0.2, 0) is 11.3 Å². The highest BCUT2D eigenvalue weighted by Gasteiger charge is 2.22. The first-order valence-electron chi connectivity index (χ1n) is 13.7. The fourth-order valence-electron chi connectivity index (χ4n) is 4.81. The fraction of sp³-hybridized carbons (Fsp3) is 0.290. The number of amides is 2. The first-order valence-corrected chi connectivity index (χ1v) is 13.7. The molecule has 1 saturated heterocycles. The lowest BCUT2D eigenvalue weighted by molar-refractivity contribution is -0.384. The molecular weight excluding hydrogens is 524 g/mol. The van der Waals surface area contributed by atoms with Crippen molar-refractivity contribution in [2.24, 2.45) is 0 Å². The number of carbonyl (C=O) groups excluding carboxylic acids is 2. The number of furan rings is 1. The van der Waals surface area contributed by atoms with Crippen LogP contribution in [0.3, 0.4) is 0 Å². The van der Waals surface area contributed by atoms with Gasteiger partial charge in [-0.25, -0.2) is 4.79 Å². The maximum Gasteiger partial charge on any atom is 0.409 e. The van der Waals surface area contributed by atoms with E-state index in [-0.39, 0.29) is 17.3 Å². The summed E-state index contributed by atoms with van der Waals surface area (Å²) in [5.74, 6) is 0.149. The lowest BCUT2D eigenvalue weighted by Crippen LogP contribution is -2.48. The molecule has 2 heterocycles. The van der Waals surface area contributed by atoms with Crippen LogP contribution in [0.25, 0.3) is 22.3 Å². The molecule has 1 N–H and O–H groups in total. The van der Waals surface area contributed by atoms with E-state index in [0.29, 0.717) is 36.7 Å². The Bertz CT molecular complexity index is 1560. The normalized spacial score (nSPS) is 13.7. The molecular formula is C31H32N4O6. The first kappa shape index (κ1) is 27.9.